The summed E-state index contributed by atoms with van der Waals surface area (Å²) >= 11 is 0. The third kappa shape index (κ3) is 4.77. The van der Waals surface area contributed by atoms with Crippen molar-refractivity contribution in [2.45, 2.75) is 45.2 Å². The molecule has 4 N–H and O–H groups in total. The number of nitrogens with one attached hydrogen (secondary N) is 2. The molecule has 0 saturated carbocycles. The number of carbonyl (C=O) groups is 2. The van der Waals surface area contributed by atoms with Gasteiger partial charge in [0.25, 0.3) is 0 Å². The Morgan fingerprint density at radius 1 is 1.18 bits per heavy atom. The first-order chi connectivity index (χ1) is 10.1. The summed E-state index contributed by atoms with van der Waals surface area (Å²) in [5.74, 6) is -0.467. The molecule has 0 aliphatic heterocycles. The second kappa shape index (κ2) is 6.94. The lowest BCUT2D eigenvalue weighted by Crippen LogP contribution is -2.47. The summed E-state index contributed by atoms with van der Waals surface area (Å²) in [6.07, 6.45) is 0. The number of nitrogens with two attached hydrogens (primary N) is 1. The molecule has 118 valence electrons. The molecule has 1 aromatic rings. The van der Waals surface area contributed by atoms with Crippen LogP contribution in [0.15, 0.2) is 24.3 Å². The standard InChI is InChI=1S/C16H22N4O2/c1-10(19-15(18)22)14(21)20-13(9-17)11-5-7-12(8-6-11)16(2,3)4/h5-8,10,13H,1-4H3,(H,20,21)(H3,18,19,22)/t10-,13-/m0/s1. The zero-order valence-electron chi connectivity index (χ0n) is 13.3. The van der Waals surface area contributed by atoms with Gasteiger partial charge in [0, 0.05) is 0 Å². The van der Waals surface area contributed by atoms with E-state index in [-0.39, 0.29) is 5.41 Å². The highest BCUT2D eigenvalue weighted by Crippen LogP contribution is 2.23. The van der Waals surface area contributed by atoms with E-state index < -0.39 is 24.0 Å². The normalized spacial score (nSPS) is 13.6. The molecule has 22 heavy (non-hydrogen) atoms. The van der Waals surface area contributed by atoms with E-state index in [0.717, 1.165) is 5.56 Å². The van der Waals surface area contributed by atoms with Gasteiger partial charge in [-0.3, -0.25) is 4.79 Å². The van der Waals surface area contributed by atoms with Gasteiger partial charge >= 0.3 is 6.03 Å². The van der Waals surface area contributed by atoms with Crippen molar-refractivity contribution in [2.75, 3.05) is 0 Å². The summed E-state index contributed by atoms with van der Waals surface area (Å²) in [5.41, 5.74) is 6.82. The van der Waals surface area contributed by atoms with Gasteiger partial charge in [-0.2, -0.15) is 5.26 Å². The second-order valence-corrected chi connectivity index (χ2v) is 6.17. The Hall–Kier alpha value is -2.55. The molecule has 0 radical (unpaired) electrons. The van der Waals surface area contributed by atoms with Crippen LogP contribution in [0.4, 0.5) is 4.79 Å². The minimum absolute atomic E-state index is 0.0177. The Kier molecular flexibility index (Phi) is 5.52. The lowest BCUT2D eigenvalue weighted by molar-refractivity contribution is -0.122. The number of primary amides is 1. The second-order valence-electron chi connectivity index (χ2n) is 6.17. The molecule has 1 rings (SSSR count). The zero-order chi connectivity index (χ0) is 16.9. The fourth-order valence-electron chi connectivity index (χ4n) is 1.91. The number of hydrogen-bond acceptors (Lipinski definition) is 3. The molecule has 0 saturated heterocycles. The minimum Gasteiger partial charge on any atom is -0.352 e. The molecule has 3 amide bonds. The molecular weight excluding hydrogens is 280 g/mol. The maximum Gasteiger partial charge on any atom is 0.312 e. The number of nitriles is 1. The number of nitrogens with zero attached hydrogens (tertiary/aromatic N) is 1. The van der Waals surface area contributed by atoms with Crippen LogP contribution in [-0.4, -0.2) is 18.0 Å². The molecule has 0 bridgehead atoms. The van der Waals surface area contributed by atoms with Crippen molar-refractivity contribution < 1.29 is 9.59 Å². The van der Waals surface area contributed by atoms with E-state index in [0.29, 0.717) is 5.56 Å². The first kappa shape index (κ1) is 17.5. The van der Waals surface area contributed by atoms with Crippen LogP contribution in [0.25, 0.3) is 0 Å². The predicted octanol–water partition coefficient (Wildman–Crippen LogP) is 1.72. The highest BCUT2D eigenvalue weighted by atomic mass is 16.2. The predicted molar refractivity (Wildman–Crippen MR) is 83.8 cm³/mol. The van der Waals surface area contributed by atoms with E-state index >= 15 is 0 Å². The van der Waals surface area contributed by atoms with Gasteiger partial charge in [0.05, 0.1) is 6.07 Å². The van der Waals surface area contributed by atoms with Gasteiger partial charge in [0.15, 0.2) is 0 Å². The van der Waals surface area contributed by atoms with E-state index in [2.05, 4.69) is 31.4 Å². The SMILES string of the molecule is C[C@H](NC(N)=O)C(=O)N[C@@H](C#N)c1ccc(C(C)(C)C)cc1. The monoisotopic (exact) mass is 302 g/mol. The number of hydrogen-bond donors (Lipinski definition) is 3. The highest BCUT2D eigenvalue weighted by Gasteiger charge is 2.20. The molecule has 0 aliphatic carbocycles. The van der Waals surface area contributed by atoms with Crippen molar-refractivity contribution in [3.05, 3.63) is 35.4 Å². The van der Waals surface area contributed by atoms with Crippen molar-refractivity contribution in [3.63, 3.8) is 0 Å². The van der Waals surface area contributed by atoms with Crippen molar-refractivity contribution in [3.8, 4) is 6.07 Å². The summed E-state index contributed by atoms with van der Waals surface area (Å²) in [6.45, 7) is 7.80. The Bertz CT molecular complexity index is 582. The fourth-order valence-corrected chi connectivity index (χ4v) is 1.91. The van der Waals surface area contributed by atoms with Gasteiger partial charge in [0.1, 0.15) is 12.1 Å². The average Bonchev–Trinajstić information content (AvgIpc) is 2.43. The molecule has 0 aliphatic rings. The molecule has 0 spiro atoms. The Morgan fingerprint density at radius 3 is 2.14 bits per heavy atom. The van der Waals surface area contributed by atoms with Crippen molar-refractivity contribution in [2.24, 2.45) is 5.73 Å². The molecule has 6 nitrogen and oxygen atoms in total. The maximum absolute atomic E-state index is 11.9. The molecule has 0 unspecified atom stereocenters. The quantitative estimate of drug-likeness (QED) is 0.788. The van der Waals surface area contributed by atoms with Gasteiger partial charge in [-0.1, -0.05) is 45.0 Å². The topological polar surface area (TPSA) is 108 Å². The average molecular weight is 302 g/mol. The lowest BCUT2D eigenvalue weighted by atomic mass is 9.86. The zero-order valence-corrected chi connectivity index (χ0v) is 13.3. The van der Waals surface area contributed by atoms with Gasteiger partial charge in [-0.25, -0.2) is 4.79 Å². The van der Waals surface area contributed by atoms with Crippen molar-refractivity contribution in [1.29, 1.82) is 5.26 Å². The Morgan fingerprint density at radius 2 is 1.73 bits per heavy atom. The summed E-state index contributed by atoms with van der Waals surface area (Å²) < 4.78 is 0. The third-order valence-corrected chi connectivity index (χ3v) is 3.28. The Labute approximate surface area is 130 Å². The first-order valence-electron chi connectivity index (χ1n) is 7.01. The van der Waals surface area contributed by atoms with Crippen LogP contribution in [0.2, 0.25) is 0 Å². The van der Waals surface area contributed by atoms with Gasteiger partial charge < -0.3 is 16.4 Å². The maximum atomic E-state index is 11.9. The summed E-state index contributed by atoms with van der Waals surface area (Å²) in [4.78, 5) is 22.7. The number of rotatable bonds is 4. The third-order valence-electron chi connectivity index (χ3n) is 3.28. The number of benzene rings is 1. The fraction of sp³-hybridized carbons (Fsp3) is 0.438. The molecule has 1 aromatic carbocycles. The molecule has 0 heterocycles. The van der Waals surface area contributed by atoms with Gasteiger partial charge in [-0.05, 0) is 23.5 Å². The molecule has 0 aromatic heterocycles. The van der Waals surface area contributed by atoms with Crippen LogP contribution in [0.1, 0.15) is 44.9 Å². The van der Waals surface area contributed by atoms with Crippen LogP contribution in [0.3, 0.4) is 0 Å². The molecular formula is C16H22N4O2. The van der Waals surface area contributed by atoms with Crippen LogP contribution in [0.5, 0.6) is 0 Å². The minimum atomic E-state index is -0.804. The molecule has 2 atom stereocenters. The van der Waals surface area contributed by atoms with E-state index in [9.17, 15) is 14.9 Å². The van der Waals surface area contributed by atoms with Crippen LogP contribution < -0.4 is 16.4 Å². The van der Waals surface area contributed by atoms with E-state index in [1.54, 1.807) is 0 Å². The summed E-state index contributed by atoms with van der Waals surface area (Å²) in [6, 6.07) is 7.19. The summed E-state index contributed by atoms with van der Waals surface area (Å²) in [7, 11) is 0. The molecule has 6 heteroatoms. The van der Waals surface area contributed by atoms with E-state index in [4.69, 9.17) is 5.73 Å². The largest absolute Gasteiger partial charge is 0.352 e. The van der Waals surface area contributed by atoms with E-state index in [1.807, 2.05) is 30.3 Å². The number of urea groups is 1. The van der Waals surface area contributed by atoms with Crippen LogP contribution in [-0.2, 0) is 10.2 Å². The van der Waals surface area contributed by atoms with Gasteiger partial charge in [0.2, 0.25) is 5.91 Å². The summed E-state index contributed by atoms with van der Waals surface area (Å²) in [5, 5.41) is 14.1. The number of amides is 3. The van der Waals surface area contributed by atoms with Crippen molar-refractivity contribution >= 4 is 11.9 Å². The lowest BCUT2D eigenvalue weighted by Gasteiger charge is -2.20. The molecule has 0 fully saturated rings. The number of carbonyl (C=O) groups excluding carboxylic acids is 2. The highest BCUT2D eigenvalue weighted by molar-refractivity contribution is 5.86. The van der Waals surface area contributed by atoms with Gasteiger partial charge in [-0.15, -0.1) is 0 Å². The van der Waals surface area contributed by atoms with Crippen LogP contribution in [0, 0.1) is 11.3 Å². The van der Waals surface area contributed by atoms with Crippen molar-refractivity contribution in [1.82, 2.24) is 10.6 Å². The smallest absolute Gasteiger partial charge is 0.312 e. The first-order valence-corrected chi connectivity index (χ1v) is 7.01. The van der Waals surface area contributed by atoms with E-state index in [1.165, 1.54) is 6.92 Å². The van der Waals surface area contributed by atoms with Crippen LogP contribution >= 0.6 is 0 Å². The Balaban J connectivity index is 2.83.